The Morgan fingerprint density at radius 3 is 2.92 bits per heavy atom. The van der Waals surface area contributed by atoms with E-state index in [-0.39, 0.29) is 6.42 Å². The van der Waals surface area contributed by atoms with E-state index in [0.29, 0.717) is 5.56 Å². The van der Waals surface area contributed by atoms with Crippen LogP contribution in [0.5, 0.6) is 0 Å². The Labute approximate surface area is 69.9 Å². The van der Waals surface area contributed by atoms with E-state index in [4.69, 9.17) is 5.26 Å². The summed E-state index contributed by atoms with van der Waals surface area (Å²) in [4.78, 5) is 0. The summed E-state index contributed by atoms with van der Waals surface area (Å²) in [6.07, 6.45) is -0.894. The third-order valence-electron chi connectivity index (χ3n) is 1.52. The minimum absolute atomic E-state index is 0.0105. The van der Waals surface area contributed by atoms with Gasteiger partial charge in [0.05, 0.1) is 18.6 Å². The monoisotopic (exact) mass is 165 g/mol. The molecule has 0 fully saturated rings. The molecule has 0 saturated carbocycles. The largest absolute Gasteiger partial charge is 0.387 e. The van der Waals surface area contributed by atoms with Gasteiger partial charge in [0.25, 0.3) is 0 Å². The minimum atomic E-state index is -0.884. The van der Waals surface area contributed by atoms with Crippen LogP contribution in [0.1, 0.15) is 18.1 Å². The van der Waals surface area contributed by atoms with Crippen molar-refractivity contribution in [1.29, 1.82) is 5.26 Å². The number of nitrogens with zero attached hydrogens (tertiary/aromatic N) is 1. The average molecular weight is 165 g/mol. The highest BCUT2D eigenvalue weighted by Crippen LogP contribution is 2.16. The lowest BCUT2D eigenvalue weighted by Gasteiger charge is -2.05. The molecule has 0 aliphatic rings. The summed E-state index contributed by atoms with van der Waals surface area (Å²) in [5.74, 6) is -0.399. The first-order chi connectivity index (χ1) is 5.74. The van der Waals surface area contributed by atoms with E-state index in [1.165, 1.54) is 18.2 Å². The van der Waals surface area contributed by atoms with Crippen molar-refractivity contribution in [3.63, 3.8) is 0 Å². The molecule has 62 valence electrons. The van der Waals surface area contributed by atoms with Crippen molar-refractivity contribution in [2.75, 3.05) is 0 Å². The second-order valence-corrected chi connectivity index (χ2v) is 2.43. The predicted molar refractivity (Wildman–Crippen MR) is 41.6 cm³/mol. The number of aliphatic hydroxyl groups excluding tert-OH is 1. The molecule has 0 aromatic heterocycles. The summed E-state index contributed by atoms with van der Waals surface area (Å²) < 4.78 is 12.6. The standard InChI is InChI=1S/C9H8FNO/c10-8-3-1-2-7(6-8)9(12)4-5-11/h1-3,6,9,12H,4H2/t9-/m1/s1. The fourth-order valence-corrected chi connectivity index (χ4v) is 0.918. The highest BCUT2D eigenvalue weighted by atomic mass is 19.1. The SMILES string of the molecule is N#CC[C@@H](O)c1cccc(F)c1. The lowest BCUT2D eigenvalue weighted by atomic mass is 10.1. The fraction of sp³-hybridized carbons (Fsp3) is 0.222. The maximum Gasteiger partial charge on any atom is 0.123 e. The maximum atomic E-state index is 12.6. The fourth-order valence-electron chi connectivity index (χ4n) is 0.918. The van der Waals surface area contributed by atoms with Crippen LogP contribution in [0.3, 0.4) is 0 Å². The van der Waals surface area contributed by atoms with Gasteiger partial charge in [0.1, 0.15) is 5.82 Å². The number of hydrogen-bond acceptors (Lipinski definition) is 2. The molecule has 12 heavy (non-hydrogen) atoms. The zero-order valence-corrected chi connectivity index (χ0v) is 6.37. The van der Waals surface area contributed by atoms with Crippen molar-refractivity contribution in [2.24, 2.45) is 0 Å². The van der Waals surface area contributed by atoms with Gasteiger partial charge in [0, 0.05) is 0 Å². The molecule has 0 spiro atoms. The van der Waals surface area contributed by atoms with Crippen LogP contribution < -0.4 is 0 Å². The molecular weight excluding hydrogens is 157 g/mol. The summed E-state index contributed by atoms with van der Waals surface area (Å²) in [5.41, 5.74) is 0.441. The van der Waals surface area contributed by atoms with Gasteiger partial charge in [-0.05, 0) is 17.7 Å². The zero-order chi connectivity index (χ0) is 8.97. The number of benzene rings is 1. The van der Waals surface area contributed by atoms with Gasteiger partial charge in [-0.1, -0.05) is 12.1 Å². The van der Waals surface area contributed by atoms with Crippen LogP contribution in [-0.4, -0.2) is 5.11 Å². The van der Waals surface area contributed by atoms with E-state index in [1.807, 2.05) is 6.07 Å². The third-order valence-corrected chi connectivity index (χ3v) is 1.52. The minimum Gasteiger partial charge on any atom is -0.387 e. The first kappa shape index (κ1) is 8.69. The molecule has 0 aliphatic heterocycles. The molecule has 0 amide bonds. The Morgan fingerprint density at radius 2 is 2.33 bits per heavy atom. The van der Waals surface area contributed by atoms with Gasteiger partial charge in [0.15, 0.2) is 0 Å². The molecule has 0 saturated heterocycles. The molecule has 2 nitrogen and oxygen atoms in total. The quantitative estimate of drug-likeness (QED) is 0.725. The summed E-state index contributed by atoms with van der Waals surface area (Å²) in [5, 5.41) is 17.5. The Hall–Kier alpha value is -1.40. The van der Waals surface area contributed by atoms with Gasteiger partial charge < -0.3 is 5.11 Å². The normalized spacial score (nSPS) is 12.1. The highest BCUT2D eigenvalue weighted by molar-refractivity contribution is 5.19. The molecule has 3 heteroatoms. The average Bonchev–Trinajstić information content (AvgIpc) is 2.05. The summed E-state index contributed by atoms with van der Waals surface area (Å²) in [7, 11) is 0. The van der Waals surface area contributed by atoms with E-state index in [0.717, 1.165) is 0 Å². The van der Waals surface area contributed by atoms with E-state index >= 15 is 0 Å². The van der Waals surface area contributed by atoms with Crippen LogP contribution in [0.4, 0.5) is 4.39 Å². The Morgan fingerprint density at radius 1 is 1.58 bits per heavy atom. The molecule has 1 aromatic rings. The molecular formula is C9H8FNO. The maximum absolute atomic E-state index is 12.6. The second-order valence-electron chi connectivity index (χ2n) is 2.43. The van der Waals surface area contributed by atoms with Crippen molar-refractivity contribution in [3.05, 3.63) is 35.6 Å². The molecule has 0 radical (unpaired) electrons. The molecule has 0 heterocycles. The van der Waals surface area contributed by atoms with Crippen LogP contribution in [0.25, 0.3) is 0 Å². The molecule has 1 aromatic carbocycles. The van der Waals surface area contributed by atoms with Gasteiger partial charge >= 0.3 is 0 Å². The number of rotatable bonds is 2. The molecule has 0 unspecified atom stereocenters. The summed E-state index contributed by atoms with van der Waals surface area (Å²) in [6.45, 7) is 0. The van der Waals surface area contributed by atoms with Crippen LogP contribution in [-0.2, 0) is 0 Å². The molecule has 1 atom stereocenters. The number of halogens is 1. The van der Waals surface area contributed by atoms with Gasteiger partial charge in [-0.15, -0.1) is 0 Å². The highest BCUT2D eigenvalue weighted by Gasteiger charge is 2.06. The third kappa shape index (κ3) is 2.04. The first-order valence-electron chi connectivity index (χ1n) is 3.54. The lowest BCUT2D eigenvalue weighted by molar-refractivity contribution is 0.183. The van der Waals surface area contributed by atoms with Crippen molar-refractivity contribution >= 4 is 0 Å². The molecule has 0 aliphatic carbocycles. The van der Waals surface area contributed by atoms with Crippen molar-refractivity contribution in [2.45, 2.75) is 12.5 Å². The lowest BCUT2D eigenvalue weighted by Crippen LogP contribution is -1.95. The van der Waals surface area contributed by atoms with E-state index in [1.54, 1.807) is 6.07 Å². The van der Waals surface area contributed by atoms with Crippen molar-refractivity contribution in [1.82, 2.24) is 0 Å². The zero-order valence-electron chi connectivity index (χ0n) is 6.37. The topological polar surface area (TPSA) is 44.0 Å². The molecule has 1 N–H and O–H groups in total. The van der Waals surface area contributed by atoms with E-state index in [9.17, 15) is 9.50 Å². The van der Waals surface area contributed by atoms with E-state index in [2.05, 4.69) is 0 Å². The van der Waals surface area contributed by atoms with Crippen LogP contribution >= 0.6 is 0 Å². The number of nitriles is 1. The number of aliphatic hydroxyl groups is 1. The number of hydrogen-bond donors (Lipinski definition) is 1. The van der Waals surface area contributed by atoms with Crippen molar-refractivity contribution < 1.29 is 9.50 Å². The van der Waals surface area contributed by atoms with Crippen LogP contribution in [0.15, 0.2) is 24.3 Å². The van der Waals surface area contributed by atoms with Gasteiger partial charge in [-0.2, -0.15) is 5.26 Å². The molecule has 1 rings (SSSR count). The Bertz CT molecular complexity index is 306. The van der Waals surface area contributed by atoms with Crippen LogP contribution in [0.2, 0.25) is 0 Å². The van der Waals surface area contributed by atoms with Crippen molar-refractivity contribution in [3.8, 4) is 6.07 Å². The van der Waals surface area contributed by atoms with Gasteiger partial charge in [-0.25, -0.2) is 4.39 Å². The predicted octanol–water partition coefficient (Wildman–Crippen LogP) is 1.77. The summed E-state index contributed by atoms with van der Waals surface area (Å²) >= 11 is 0. The second kappa shape index (κ2) is 3.84. The Kier molecular flexibility index (Phi) is 2.78. The first-order valence-corrected chi connectivity index (χ1v) is 3.54. The summed E-state index contributed by atoms with van der Waals surface area (Å²) in [6, 6.07) is 7.43. The van der Waals surface area contributed by atoms with E-state index < -0.39 is 11.9 Å². The smallest absolute Gasteiger partial charge is 0.123 e. The Balaban J connectivity index is 2.82. The molecule has 0 bridgehead atoms. The van der Waals surface area contributed by atoms with Crippen LogP contribution in [0, 0.1) is 17.1 Å². The van der Waals surface area contributed by atoms with Gasteiger partial charge in [-0.3, -0.25) is 0 Å². The van der Waals surface area contributed by atoms with Gasteiger partial charge in [0.2, 0.25) is 0 Å².